The Labute approximate surface area is 122 Å². The van der Waals surface area contributed by atoms with Crippen LogP contribution < -0.4 is 0 Å². The number of likely N-dealkylation sites (tertiary alicyclic amines) is 1. The van der Waals surface area contributed by atoms with Gasteiger partial charge in [0.05, 0.1) is 11.1 Å². The molecule has 1 aromatic carbocycles. The maximum Gasteiger partial charge on any atom is 0.181 e. The van der Waals surface area contributed by atoms with Crippen LogP contribution in [0, 0.1) is 0 Å². The molecule has 1 aromatic rings. The molecule has 1 saturated heterocycles. The number of ketones is 2. The minimum absolute atomic E-state index is 0.0315. The number of nitrogens with zero attached hydrogens (tertiary/aromatic N) is 1. The Hall–Kier alpha value is -0.900. The van der Waals surface area contributed by atoms with E-state index in [1.54, 1.807) is 18.2 Å². The molecule has 1 aliphatic heterocycles. The molecule has 1 heterocycles. The highest BCUT2D eigenvalue weighted by Crippen LogP contribution is 2.23. The predicted molar refractivity (Wildman–Crippen MR) is 76.1 cm³/mol. The van der Waals surface area contributed by atoms with Crippen LogP contribution in [0.3, 0.4) is 0 Å². The van der Waals surface area contributed by atoms with Crippen LogP contribution in [0.25, 0.3) is 0 Å². The van der Waals surface area contributed by atoms with Gasteiger partial charge in [0.25, 0.3) is 0 Å². The molecule has 0 radical (unpaired) electrons. The summed E-state index contributed by atoms with van der Waals surface area (Å²) in [5.74, 6) is 0.233. The van der Waals surface area contributed by atoms with Gasteiger partial charge in [0.2, 0.25) is 0 Å². The fraction of sp³-hybridized carbons (Fsp3) is 0.429. The van der Waals surface area contributed by atoms with Crippen molar-refractivity contribution in [3.05, 3.63) is 33.8 Å². The quantitative estimate of drug-likeness (QED) is 0.804. The van der Waals surface area contributed by atoms with Crippen molar-refractivity contribution in [3.63, 3.8) is 0 Å². The Morgan fingerprint density at radius 2 is 1.89 bits per heavy atom. The van der Waals surface area contributed by atoms with E-state index in [1.165, 1.54) is 0 Å². The molecule has 102 valence electrons. The first kappa shape index (κ1) is 14.5. The molecule has 1 unspecified atom stereocenters. The van der Waals surface area contributed by atoms with E-state index in [4.69, 9.17) is 23.2 Å². The van der Waals surface area contributed by atoms with Crippen molar-refractivity contribution in [2.24, 2.45) is 0 Å². The van der Waals surface area contributed by atoms with Crippen molar-refractivity contribution < 1.29 is 9.59 Å². The molecular formula is C14H15Cl2NO2. The third-order valence-electron chi connectivity index (χ3n) is 3.48. The van der Waals surface area contributed by atoms with Gasteiger partial charge in [0.15, 0.2) is 5.78 Å². The number of hydrogen-bond donors (Lipinski definition) is 0. The number of halogens is 2. The monoisotopic (exact) mass is 299 g/mol. The van der Waals surface area contributed by atoms with Crippen molar-refractivity contribution in [2.45, 2.75) is 25.8 Å². The van der Waals surface area contributed by atoms with Gasteiger partial charge in [-0.05, 0) is 25.1 Å². The van der Waals surface area contributed by atoms with E-state index in [1.807, 2.05) is 11.8 Å². The van der Waals surface area contributed by atoms with Crippen molar-refractivity contribution in [3.8, 4) is 0 Å². The van der Waals surface area contributed by atoms with Crippen LogP contribution in [-0.2, 0) is 4.79 Å². The van der Waals surface area contributed by atoms with Gasteiger partial charge in [0, 0.05) is 36.5 Å². The Morgan fingerprint density at radius 1 is 1.26 bits per heavy atom. The first-order valence-electron chi connectivity index (χ1n) is 6.24. The Morgan fingerprint density at radius 3 is 2.47 bits per heavy atom. The van der Waals surface area contributed by atoms with Gasteiger partial charge in [-0.1, -0.05) is 23.2 Å². The van der Waals surface area contributed by atoms with E-state index in [9.17, 15) is 9.59 Å². The molecule has 0 aromatic heterocycles. The van der Waals surface area contributed by atoms with Crippen LogP contribution in [0.1, 0.15) is 30.1 Å². The van der Waals surface area contributed by atoms with E-state index in [2.05, 4.69) is 0 Å². The standard InChI is InChI=1S/C14H15Cl2NO2/c1-9(17-6-4-11(18)5-7-17)14(19)12-3-2-10(15)8-13(12)16/h2-3,8-9H,4-7H2,1H3. The Balaban J connectivity index is 2.12. The molecule has 1 fully saturated rings. The van der Waals surface area contributed by atoms with E-state index in [-0.39, 0.29) is 17.6 Å². The van der Waals surface area contributed by atoms with E-state index in [0.29, 0.717) is 41.5 Å². The second-order valence-corrected chi connectivity index (χ2v) is 5.58. The van der Waals surface area contributed by atoms with Crippen LogP contribution in [-0.4, -0.2) is 35.6 Å². The number of carbonyl (C=O) groups is 2. The second-order valence-electron chi connectivity index (χ2n) is 4.74. The maximum absolute atomic E-state index is 12.4. The van der Waals surface area contributed by atoms with Crippen LogP contribution in [0.2, 0.25) is 10.0 Å². The summed E-state index contributed by atoms with van der Waals surface area (Å²) >= 11 is 11.9. The average Bonchev–Trinajstić information content (AvgIpc) is 2.38. The summed E-state index contributed by atoms with van der Waals surface area (Å²) < 4.78 is 0. The summed E-state index contributed by atoms with van der Waals surface area (Å²) in [6.45, 7) is 3.12. The van der Waals surface area contributed by atoms with E-state index >= 15 is 0 Å². The molecule has 5 heteroatoms. The average molecular weight is 300 g/mol. The number of benzene rings is 1. The van der Waals surface area contributed by atoms with Gasteiger partial charge < -0.3 is 0 Å². The summed E-state index contributed by atoms with van der Waals surface area (Å²) in [7, 11) is 0. The maximum atomic E-state index is 12.4. The predicted octanol–water partition coefficient (Wildman–Crippen LogP) is 3.23. The molecule has 0 amide bonds. The lowest BCUT2D eigenvalue weighted by molar-refractivity contribution is -0.121. The summed E-state index contributed by atoms with van der Waals surface area (Å²) in [5, 5.41) is 0.884. The van der Waals surface area contributed by atoms with Crippen LogP contribution in [0.5, 0.6) is 0 Å². The van der Waals surface area contributed by atoms with Gasteiger partial charge in [-0.2, -0.15) is 0 Å². The van der Waals surface area contributed by atoms with Gasteiger partial charge >= 0.3 is 0 Å². The summed E-state index contributed by atoms with van der Waals surface area (Å²) in [5.41, 5.74) is 0.482. The zero-order chi connectivity index (χ0) is 14.0. The third kappa shape index (κ3) is 3.35. The number of carbonyl (C=O) groups excluding carboxylic acids is 2. The highest BCUT2D eigenvalue weighted by molar-refractivity contribution is 6.37. The summed E-state index contributed by atoms with van der Waals surface area (Å²) in [6.07, 6.45) is 1.04. The molecule has 3 nitrogen and oxygen atoms in total. The Kier molecular flexibility index (Phi) is 4.61. The van der Waals surface area contributed by atoms with Gasteiger partial charge in [0.1, 0.15) is 5.78 Å². The molecular weight excluding hydrogens is 285 g/mol. The molecule has 1 atom stereocenters. The molecule has 19 heavy (non-hydrogen) atoms. The third-order valence-corrected chi connectivity index (χ3v) is 4.03. The summed E-state index contributed by atoms with van der Waals surface area (Å²) in [6, 6.07) is 4.61. The molecule has 2 rings (SSSR count). The van der Waals surface area contributed by atoms with Crippen LogP contribution in [0.4, 0.5) is 0 Å². The summed E-state index contributed by atoms with van der Waals surface area (Å²) in [4.78, 5) is 25.6. The minimum atomic E-state index is -0.272. The topological polar surface area (TPSA) is 37.4 Å². The lowest BCUT2D eigenvalue weighted by Gasteiger charge is -2.30. The van der Waals surface area contributed by atoms with Crippen LogP contribution in [0.15, 0.2) is 18.2 Å². The molecule has 0 saturated carbocycles. The number of piperidine rings is 1. The van der Waals surface area contributed by atoms with E-state index in [0.717, 1.165) is 0 Å². The number of Topliss-reactive ketones (excluding diaryl/α,β-unsaturated/α-hetero) is 2. The molecule has 1 aliphatic rings. The number of hydrogen-bond acceptors (Lipinski definition) is 3. The molecule has 0 aliphatic carbocycles. The lowest BCUT2D eigenvalue weighted by Crippen LogP contribution is -2.44. The molecule has 0 bridgehead atoms. The SMILES string of the molecule is CC(C(=O)c1ccc(Cl)cc1Cl)N1CCC(=O)CC1. The van der Waals surface area contributed by atoms with Crippen LogP contribution >= 0.6 is 23.2 Å². The molecule has 0 N–H and O–H groups in total. The number of rotatable bonds is 3. The van der Waals surface area contributed by atoms with Gasteiger partial charge in [-0.3, -0.25) is 14.5 Å². The smallest absolute Gasteiger partial charge is 0.181 e. The van der Waals surface area contributed by atoms with E-state index < -0.39 is 0 Å². The minimum Gasteiger partial charge on any atom is -0.300 e. The normalized spacial score (nSPS) is 18.4. The zero-order valence-electron chi connectivity index (χ0n) is 10.7. The van der Waals surface area contributed by atoms with Crippen molar-refractivity contribution >= 4 is 34.8 Å². The first-order chi connectivity index (χ1) is 8.99. The van der Waals surface area contributed by atoms with Crippen molar-refractivity contribution in [1.29, 1.82) is 0 Å². The van der Waals surface area contributed by atoms with Gasteiger partial charge in [-0.15, -0.1) is 0 Å². The lowest BCUT2D eigenvalue weighted by atomic mass is 10.0. The fourth-order valence-corrected chi connectivity index (χ4v) is 2.74. The fourth-order valence-electron chi connectivity index (χ4n) is 2.24. The zero-order valence-corrected chi connectivity index (χ0v) is 12.2. The van der Waals surface area contributed by atoms with Gasteiger partial charge in [-0.25, -0.2) is 0 Å². The van der Waals surface area contributed by atoms with Crippen molar-refractivity contribution in [1.82, 2.24) is 4.90 Å². The first-order valence-corrected chi connectivity index (χ1v) is 6.99. The van der Waals surface area contributed by atoms with Crippen molar-refractivity contribution in [2.75, 3.05) is 13.1 Å². The largest absolute Gasteiger partial charge is 0.300 e. The highest BCUT2D eigenvalue weighted by Gasteiger charge is 2.27. The Bertz CT molecular complexity index is 506. The molecule has 0 spiro atoms. The highest BCUT2D eigenvalue weighted by atomic mass is 35.5. The second kappa shape index (κ2) is 6.04.